The molecule has 0 fully saturated rings. The summed E-state index contributed by atoms with van der Waals surface area (Å²) in [6.45, 7) is 0.408. The maximum atomic E-state index is 13.7. The second-order valence-electron chi connectivity index (χ2n) is 7.45. The molecule has 0 N–H and O–H groups in total. The van der Waals surface area contributed by atoms with Crippen LogP contribution in [0.2, 0.25) is 0 Å². The van der Waals surface area contributed by atoms with E-state index in [2.05, 4.69) is 10.2 Å². The van der Waals surface area contributed by atoms with Gasteiger partial charge in [-0.1, -0.05) is 36.4 Å². The Kier molecular flexibility index (Phi) is 5.14. The van der Waals surface area contributed by atoms with Gasteiger partial charge < -0.3 is 9.15 Å². The van der Waals surface area contributed by atoms with Crippen molar-refractivity contribution in [3.8, 4) is 28.7 Å². The van der Waals surface area contributed by atoms with Crippen LogP contribution in [0.5, 0.6) is 5.75 Å². The Balaban J connectivity index is 1.57. The van der Waals surface area contributed by atoms with Crippen molar-refractivity contribution >= 4 is 15.7 Å². The summed E-state index contributed by atoms with van der Waals surface area (Å²) in [6.07, 6.45) is 1.60. The number of rotatable bonds is 5. The smallest absolute Gasteiger partial charge is 0.268 e. The van der Waals surface area contributed by atoms with Gasteiger partial charge in [-0.2, -0.15) is 0 Å². The van der Waals surface area contributed by atoms with Gasteiger partial charge in [0, 0.05) is 17.7 Å². The van der Waals surface area contributed by atoms with Crippen LogP contribution in [-0.4, -0.2) is 32.3 Å². The van der Waals surface area contributed by atoms with Gasteiger partial charge in [0.1, 0.15) is 10.6 Å². The molecule has 3 aromatic carbocycles. The molecule has 0 amide bonds. The Morgan fingerprint density at radius 1 is 0.906 bits per heavy atom. The van der Waals surface area contributed by atoms with E-state index < -0.39 is 10.0 Å². The second kappa shape index (κ2) is 8.12. The predicted molar refractivity (Wildman–Crippen MR) is 121 cm³/mol. The summed E-state index contributed by atoms with van der Waals surface area (Å²) >= 11 is 0. The number of anilines is 1. The Bertz CT molecular complexity index is 1370. The fourth-order valence-electron chi connectivity index (χ4n) is 3.92. The lowest BCUT2D eigenvalue weighted by Crippen LogP contribution is -2.35. The van der Waals surface area contributed by atoms with Gasteiger partial charge >= 0.3 is 0 Å². The van der Waals surface area contributed by atoms with Crippen molar-refractivity contribution in [2.24, 2.45) is 0 Å². The van der Waals surface area contributed by atoms with E-state index in [0.29, 0.717) is 23.7 Å². The standard InChI is InChI=1S/C24H21N3O4S/c1-30-21-14-13-19(24-26-25-23(31-24)18-9-3-2-4-10-18)16-22(21)32(28,29)27-15-7-11-17-8-5-6-12-20(17)27/h2-6,8-10,12-14,16H,7,11,15H2,1H3. The molecule has 8 heteroatoms. The van der Waals surface area contributed by atoms with Gasteiger partial charge in [0.2, 0.25) is 11.8 Å². The van der Waals surface area contributed by atoms with E-state index in [9.17, 15) is 8.42 Å². The molecule has 0 aliphatic carbocycles. The average molecular weight is 448 g/mol. The highest BCUT2D eigenvalue weighted by atomic mass is 32.2. The molecule has 0 saturated carbocycles. The van der Waals surface area contributed by atoms with Gasteiger partial charge in [0.25, 0.3) is 10.0 Å². The van der Waals surface area contributed by atoms with Crippen molar-refractivity contribution in [2.75, 3.05) is 18.0 Å². The van der Waals surface area contributed by atoms with Gasteiger partial charge in [-0.15, -0.1) is 10.2 Å². The van der Waals surface area contributed by atoms with E-state index in [-0.39, 0.29) is 16.5 Å². The van der Waals surface area contributed by atoms with Gasteiger partial charge in [-0.3, -0.25) is 4.31 Å². The largest absolute Gasteiger partial charge is 0.495 e. The van der Waals surface area contributed by atoms with Gasteiger partial charge in [-0.25, -0.2) is 8.42 Å². The lowest BCUT2D eigenvalue weighted by molar-refractivity contribution is 0.402. The minimum absolute atomic E-state index is 0.0636. The molecule has 1 aromatic heterocycles. The Hall–Kier alpha value is -3.65. The summed E-state index contributed by atoms with van der Waals surface area (Å²) in [5.41, 5.74) is 3.01. The maximum Gasteiger partial charge on any atom is 0.268 e. The number of aryl methyl sites for hydroxylation is 1. The van der Waals surface area contributed by atoms with E-state index in [0.717, 1.165) is 24.0 Å². The third-order valence-corrected chi connectivity index (χ3v) is 7.33. The minimum atomic E-state index is -3.88. The molecule has 1 aliphatic rings. The quantitative estimate of drug-likeness (QED) is 0.446. The fraction of sp³-hybridized carbons (Fsp3) is 0.167. The molecule has 4 aromatic rings. The van der Waals surface area contributed by atoms with Crippen LogP contribution >= 0.6 is 0 Å². The molecule has 0 spiro atoms. The molecule has 0 bridgehead atoms. The van der Waals surface area contributed by atoms with Crippen LogP contribution in [-0.2, 0) is 16.4 Å². The molecule has 5 rings (SSSR count). The number of para-hydroxylation sites is 1. The summed E-state index contributed by atoms with van der Waals surface area (Å²) < 4.78 is 40.1. The molecule has 2 heterocycles. The number of aromatic nitrogens is 2. The molecule has 162 valence electrons. The number of nitrogens with zero attached hydrogens (tertiary/aromatic N) is 3. The molecule has 0 atom stereocenters. The second-order valence-corrected chi connectivity index (χ2v) is 9.28. The maximum absolute atomic E-state index is 13.7. The van der Waals surface area contributed by atoms with E-state index >= 15 is 0 Å². The van der Waals surface area contributed by atoms with Crippen molar-refractivity contribution in [2.45, 2.75) is 17.7 Å². The highest BCUT2D eigenvalue weighted by molar-refractivity contribution is 7.93. The predicted octanol–water partition coefficient (Wildman–Crippen LogP) is 4.55. The number of fused-ring (bicyclic) bond motifs is 1. The van der Waals surface area contributed by atoms with Gasteiger partial charge in [0.15, 0.2) is 0 Å². The molecule has 0 saturated heterocycles. The van der Waals surface area contributed by atoms with Crippen molar-refractivity contribution < 1.29 is 17.6 Å². The summed E-state index contributed by atoms with van der Waals surface area (Å²) in [6, 6.07) is 21.9. The Labute approximate surface area is 186 Å². The molecule has 1 aliphatic heterocycles. The van der Waals surface area contributed by atoms with Crippen molar-refractivity contribution in [3.05, 3.63) is 78.4 Å². The normalized spacial score (nSPS) is 13.6. The first kappa shape index (κ1) is 20.3. The first-order valence-corrected chi connectivity index (χ1v) is 11.7. The third-order valence-electron chi connectivity index (χ3n) is 5.49. The van der Waals surface area contributed by atoms with Gasteiger partial charge in [-0.05, 0) is 54.8 Å². The molecular formula is C24H21N3O4S. The molecular weight excluding hydrogens is 426 g/mol. The molecule has 7 nitrogen and oxygen atoms in total. The van der Waals surface area contributed by atoms with Crippen molar-refractivity contribution in [1.82, 2.24) is 10.2 Å². The van der Waals surface area contributed by atoms with E-state index in [1.165, 1.54) is 17.5 Å². The third kappa shape index (κ3) is 3.52. The van der Waals surface area contributed by atoms with Crippen molar-refractivity contribution in [1.29, 1.82) is 0 Å². The van der Waals surface area contributed by atoms with Gasteiger partial charge in [0.05, 0.1) is 12.8 Å². The molecule has 0 radical (unpaired) electrons. The number of methoxy groups -OCH3 is 1. The number of ether oxygens (including phenoxy) is 1. The zero-order valence-electron chi connectivity index (χ0n) is 17.4. The van der Waals surface area contributed by atoms with E-state index in [1.54, 1.807) is 12.1 Å². The zero-order valence-corrected chi connectivity index (χ0v) is 18.2. The van der Waals surface area contributed by atoms with Crippen LogP contribution in [0.4, 0.5) is 5.69 Å². The number of benzene rings is 3. The number of hydrogen-bond acceptors (Lipinski definition) is 6. The van der Waals surface area contributed by atoms with Crippen LogP contribution in [0.25, 0.3) is 22.9 Å². The van der Waals surface area contributed by atoms with E-state index in [4.69, 9.17) is 9.15 Å². The number of sulfonamides is 1. The summed E-state index contributed by atoms with van der Waals surface area (Å²) in [4.78, 5) is 0.0636. The van der Waals surface area contributed by atoms with Crippen LogP contribution in [0, 0.1) is 0 Å². The monoisotopic (exact) mass is 447 g/mol. The minimum Gasteiger partial charge on any atom is -0.495 e. The molecule has 32 heavy (non-hydrogen) atoms. The van der Waals surface area contributed by atoms with Crippen LogP contribution in [0.1, 0.15) is 12.0 Å². The Morgan fingerprint density at radius 3 is 2.41 bits per heavy atom. The Morgan fingerprint density at radius 2 is 1.62 bits per heavy atom. The SMILES string of the molecule is COc1ccc(-c2nnc(-c3ccccc3)o2)cc1S(=O)(=O)N1CCCc2ccccc21. The first-order chi connectivity index (χ1) is 15.6. The van der Waals surface area contributed by atoms with Crippen LogP contribution in [0.3, 0.4) is 0 Å². The topological polar surface area (TPSA) is 85.5 Å². The average Bonchev–Trinajstić information content (AvgIpc) is 3.34. The highest BCUT2D eigenvalue weighted by Crippen LogP contribution is 2.37. The lowest BCUT2D eigenvalue weighted by Gasteiger charge is -2.30. The van der Waals surface area contributed by atoms with Crippen LogP contribution in [0.15, 0.2) is 82.1 Å². The van der Waals surface area contributed by atoms with Crippen molar-refractivity contribution in [3.63, 3.8) is 0 Å². The lowest BCUT2D eigenvalue weighted by atomic mass is 10.0. The molecule has 0 unspecified atom stereocenters. The number of hydrogen-bond donors (Lipinski definition) is 0. The van der Waals surface area contributed by atoms with Crippen LogP contribution < -0.4 is 9.04 Å². The zero-order chi connectivity index (χ0) is 22.1. The first-order valence-electron chi connectivity index (χ1n) is 10.3. The summed E-state index contributed by atoms with van der Waals surface area (Å²) in [7, 11) is -2.42. The summed E-state index contributed by atoms with van der Waals surface area (Å²) in [5, 5.41) is 8.23. The highest BCUT2D eigenvalue weighted by Gasteiger charge is 2.32. The summed E-state index contributed by atoms with van der Waals surface area (Å²) in [5.74, 6) is 0.868. The van der Waals surface area contributed by atoms with E-state index in [1.807, 2.05) is 54.6 Å². The fourth-order valence-corrected chi connectivity index (χ4v) is 5.64.